The highest BCUT2D eigenvalue weighted by atomic mass is 32.2. The predicted molar refractivity (Wildman–Crippen MR) is 102 cm³/mol. The van der Waals surface area contributed by atoms with Crippen molar-refractivity contribution in [1.82, 2.24) is 9.47 Å². The highest BCUT2D eigenvalue weighted by Gasteiger charge is 2.32. The number of hydrogen-bond acceptors (Lipinski definition) is 3. The lowest BCUT2D eigenvalue weighted by atomic mass is 10.2. The number of aryl methyl sites for hydroxylation is 1. The lowest BCUT2D eigenvalue weighted by molar-refractivity contribution is -0.122. The minimum Gasteiger partial charge on any atom is -0.346 e. The van der Waals surface area contributed by atoms with Crippen molar-refractivity contribution >= 4 is 28.9 Å². The molecule has 130 valence electrons. The summed E-state index contributed by atoms with van der Waals surface area (Å²) < 4.78 is 2.47. The van der Waals surface area contributed by atoms with E-state index in [9.17, 15) is 4.79 Å². The maximum absolute atomic E-state index is 12.6. The summed E-state index contributed by atoms with van der Waals surface area (Å²) in [6, 6.07) is 2.85. The van der Waals surface area contributed by atoms with Crippen molar-refractivity contribution in [3.8, 4) is 0 Å². The summed E-state index contributed by atoms with van der Waals surface area (Å²) in [5.74, 6) is 0.0837. The van der Waals surface area contributed by atoms with Crippen LogP contribution in [-0.4, -0.2) is 33.6 Å². The second-order valence-electron chi connectivity index (χ2n) is 6.55. The van der Waals surface area contributed by atoms with E-state index in [1.165, 1.54) is 54.4 Å². The molecule has 3 rings (SSSR count). The molecule has 2 fully saturated rings. The Labute approximate surface area is 149 Å². The van der Waals surface area contributed by atoms with Crippen molar-refractivity contribution in [3.05, 3.63) is 27.9 Å². The Morgan fingerprint density at radius 2 is 2.00 bits per heavy atom. The van der Waals surface area contributed by atoms with Gasteiger partial charge in [0, 0.05) is 30.5 Å². The van der Waals surface area contributed by atoms with Gasteiger partial charge in [-0.3, -0.25) is 14.7 Å². The zero-order valence-electron chi connectivity index (χ0n) is 15.1. The molecular formula is C19H27N3OS. The lowest BCUT2D eigenvalue weighted by Crippen LogP contribution is -2.28. The Morgan fingerprint density at radius 3 is 2.62 bits per heavy atom. The van der Waals surface area contributed by atoms with Crippen LogP contribution in [-0.2, 0) is 4.79 Å². The van der Waals surface area contributed by atoms with Gasteiger partial charge in [-0.05, 0) is 70.0 Å². The summed E-state index contributed by atoms with van der Waals surface area (Å²) >= 11 is 1.51. The summed E-state index contributed by atoms with van der Waals surface area (Å²) in [6.07, 6.45) is 7.26. The highest BCUT2D eigenvalue weighted by molar-refractivity contribution is 8.18. The van der Waals surface area contributed by atoms with Crippen LogP contribution in [0.1, 0.15) is 62.5 Å². The number of hydrogen-bond donors (Lipinski definition) is 0. The number of amidine groups is 1. The zero-order valence-corrected chi connectivity index (χ0v) is 15.9. The third-order valence-electron chi connectivity index (χ3n) is 5.00. The van der Waals surface area contributed by atoms with Gasteiger partial charge >= 0.3 is 0 Å². The first kappa shape index (κ1) is 17.3. The Morgan fingerprint density at radius 1 is 1.29 bits per heavy atom. The molecule has 1 saturated heterocycles. The van der Waals surface area contributed by atoms with Gasteiger partial charge in [0.15, 0.2) is 5.17 Å². The van der Waals surface area contributed by atoms with Gasteiger partial charge in [-0.15, -0.1) is 0 Å². The first-order valence-corrected chi connectivity index (χ1v) is 9.82. The largest absolute Gasteiger partial charge is 0.346 e. The number of likely N-dealkylation sites (N-methyl/N-ethyl adjacent to an activating group) is 1. The van der Waals surface area contributed by atoms with Crippen molar-refractivity contribution in [2.45, 2.75) is 59.4 Å². The molecule has 1 amide bonds. The third kappa shape index (κ3) is 3.06. The van der Waals surface area contributed by atoms with Gasteiger partial charge in [0.05, 0.1) is 4.91 Å². The van der Waals surface area contributed by atoms with Gasteiger partial charge in [0.25, 0.3) is 5.91 Å². The number of amides is 1. The maximum Gasteiger partial charge on any atom is 0.266 e. The minimum atomic E-state index is 0.0837. The second kappa shape index (κ2) is 7.18. The average molecular weight is 346 g/mol. The van der Waals surface area contributed by atoms with Crippen LogP contribution in [0.15, 0.2) is 16.0 Å². The number of aliphatic imine (C=N–C) groups is 1. The van der Waals surface area contributed by atoms with E-state index in [1.54, 1.807) is 4.90 Å². The molecule has 0 atom stereocenters. The number of nitrogens with zero attached hydrogens (tertiary/aromatic N) is 3. The molecule has 1 saturated carbocycles. The first-order chi connectivity index (χ1) is 11.6. The van der Waals surface area contributed by atoms with Crippen molar-refractivity contribution < 1.29 is 4.79 Å². The van der Waals surface area contributed by atoms with Gasteiger partial charge in [-0.25, -0.2) is 0 Å². The quantitative estimate of drug-likeness (QED) is 0.752. The predicted octanol–water partition coefficient (Wildman–Crippen LogP) is 4.53. The van der Waals surface area contributed by atoms with Gasteiger partial charge in [0.1, 0.15) is 0 Å². The van der Waals surface area contributed by atoms with Crippen LogP contribution in [0, 0.1) is 13.8 Å². The molecule has 0 bridgehead atoms. The molecule has 0 N–H and O–H groups in total. The molecule has 0 spiro atoms. The SMILES string of the molecule is CCN=C1S/C(=C\c2cc(C)n(C3CCCC3)c2C)C(=O)N1CC. The summed E-state index contributed by atoms with van der Waals surface area (Å²) in [4.78, 5) is 19.7. The van der Waals surface area contributed by atoms with Gasteiger partial charge in [-0.2, -0.15) is 0 Å². The fourth-order valence-corrected chi connectivity index (χ4v) is 4.95. The molecule has 1 aromatic heterocycles. The topological polar surface area (TPSA) is 37.6 Å². The van der Waals surface area contributed by atoms with E-state index in [4.69, 9.17) is 0 Å². The summed E-state index contributed by atoms with van der Waals surface area (Å²) in [5, 5.41) is 0.834. The minimum absolute atomic E-state index is 0.0837. The van der Waals surface area contributed by atoms with Crippen LogP contribution in [0.2, 0.25) is 0 Å². The van der Waals surface area contributed by atoms with E-state index in [2.05, 4.69) is 35.5 Å². The Hall–Kier alpha value is -1.49. The molecule has 0 aromatic carbocycles. The monoisotopic (exact) mass is 345 g/mol. The Balaban J connectivity index is 1.93. The van der Waals surface area contributed by atoms with Gasteiger partial charge in [-0.1, -0.05) is 12.8 Å². The van der Waals surface area contributed by atoms with Crippen LogP contribution in [0.4, 0.5) is 0 Å². The van der Waals surface area contributed by atoms with E-state index >= 15 is 0 Å². The molecular weight excluding hydrogens is 318 g/mol. The van der Waals surface area contributed by atoms with Crippen LogP contribution >= 0.6 is 11.8 Å². The van der Waals surface area contributed by atoms with Crippen LogP contribution in [0.3, 0.4) is 0 Å². The number of rotatable bonds is 4. The maximum atomic E-state index is 12.6. The molecule has 1 aromatic rings. The van der Waals surface area contributed by atoms with Crippen LogP contribution < -0.4 is 0 Å². The molecule has 2 heterocycles. The van der Waals surface area contributed by atoms with Crippen molar-refractivity contribution in [2.75, 3.05) is 13.1 Å². The highest BCUT2D eigenvalue weighted by Crippen LogP contribution is 2.36. The van der Waals surface area contributed by atoms with E-state index in [0.29, 0.717) is 19.1 Å². The second-order valence-corrected chi connectivity index (χ2v) is 7.56. The fraction of sp³-hybridized carbons (Fsp3) is 0.579. The lowest BCUT2D eigenvalue weighted by Gasteiger charge is -2.17. The van der Waals surface area contributed by atoms with E-state index < -0.39 is 0 Å². The summed E-state index contributed by atoms with van der Waals surface area (Å²) in [6.45, 7) is 9.74. The Kier molecular flexibility index (Phi) is 5.18. The van der Waals surface area contributed by atoms with Crippen molar-refractivity contribution in [2.24, 2.45) is 4.99 Å². The zero-order chi connectivity index (χ0) is 17.3. The molecule has 0 radical (unpaired) electrons. The summed E-state index contributed by atoms with van der Waals surface area (Å²) in [5.41, 5.74) is 3.75. The number of aromatic nitrogens is 1. The average Bonchev–Trinajstić information content (AvgIpc) is 3.22. The van der Waals surface area contributed by atoms with Crippen molar-refractivity contribution in [3.63, 3.8) is 0 Å². The first-order valence-electron chi connectivity index (χ1n) is 9.01. The smallest absolute Gasteiger partial charge is 0.266 e. The fourth-order valence-electron chi connectivity index (χ4n) is 3.85. The number of thioether (sulfide) groups is 1. The molecule has 1 aliphatic heterocycles. The molecule has 24 heavy (non-hydrogen) atoms. The molecule has 5 heteroatoms. The van der Waals surface area contributed by atoms with E-state index in [1.807, 2.05) is 13.8 Å². The van der Waals surface area contributed by atoms with Gasteiger partial charge in [0.2, 0.25) is 0 Å². The molecule has 1 aliphatic carbocycles. The van der Waals surface area contributed by atoms with E-state index in [-0.39, 0.29) is 5.91 Å². The Bertz CT molecular complexity index is 696. The van der Waals surface area contributed by atoms with Gasteiger partial charge < -0.3 is 4.57 Å². The third-order valence-corrected chi connectivity index (χ3v) is 6.04. The molecule has 4 nitrogen and oxygen atoms in total. The number of carbonyl (C=O) groups is 1. The summed E-state index contributed by atoms with van der Waals surface area (Å²) in [7, 11) is 0. The van der Waals surface area contributed by atoms with Crippen molar-refractivity contribution in [1.29, 1.82) is 0 Å². The van der Waals surface area contributed by atoms with Crippen LogP contribution in [0.25, 0.3) is 6.08 Å². The molecule has 0 unspecified atom stereocenters. The standard InChI is InChI=1S/C19H27N3OS/c1-5-20-19-21(6-2)18(23)17(24-19)12-15-11-13(3)22(14(15)4)16-9-7-8-10-16/h11-12,16H,5-10H2,1-4H3/b17-12-,20-19?. The van der Waals surface area contributed by atoms with Crippen LogP contribution in [0.5, 0.6) is 0 Å². The number of carbonyl (C=O) groups excluding carboxylic acids is 1. The normalized spacial score (nSPS) is 22.5. The molecule has 2 aliphatic rings. The van der Waals surface area contributed by atoms with E-state index in [0.717, 1.165) is 10.1 Å².